The van der Waals surface area contributed by atoms with Crippen LogP contribution in [0.1, 0.15) is 46.0 Å². The number of anilines is 1. The van der Waals surface area contributed by atoms with Crippen molar-refractivity contribution in [1.29, 1.82) is 0 Å². The molecule has 3 heterocycles. The molecule has 1 aliphatic heterocycles. The Bertz CT molecular complexity index is 837. The number of carbonyl (C=O) groups is 1. The summed E-state index contributed by atoms with van der Waals surface area (Å²) in [7, 11) is 4.03. The van der Waals surface area contributed by atoms with Gasteiger partial charge in [-0.05, 0) is 34.7 Å². The fourth-order valence-corrected chi connectivity index (χ4v) is 3.60. The third kappa shape index (κ3) is 3.95. The molecule has 3 rings (SSSR count). The molecule has 1 N–H and O–H groups in total. The lowest BCUT2D eigenvalue weighted by Crippen LogP contribution is -2.45. The number of amides is 1. The van der Waals surface area contributed by atoms with Crippen molar-refractivity contribution in [3.05, 3.63) is 34.4 Å². The van der Waals surface area contributed by atoms with Gasteiger partial charge >= 0.3 is 0 Å². The highest BCUT2D eigenvalue weighted by Gasteiger charge is 2.22. The van der Waals surface area contributed by atoms with Crippen LogP contribution in [0.15, 0.2) is 6.20 Å². The fourth-order valence-electron chi connectivity index (χ4n) is 3.60. The van der Waals surface area contributed by atoms with Gasteiger partial charge in [0, 0.05) is 50.7 Å². The van der Waals surface area contributed by atoms with Crippen molar-refractivity contribution in [2.75, 3.05) is 38.1 Å². The maximum atomic E-state index is 12.8. The van der Waals surface area contributed by atoms with E-state index in [2.05, 4.69) is 37.2 Å². The van der Waals surface area contributed by atoms with Crippen LogP contribution in [-0.4, -0.2) is 63.8 Å². The zero-order valence-corrected chi connectivity index (χ0v) is 17.1. The second-order valence-corrected chi connectivity index (χ2v) is 7.36. The van der Waals surface area contributed by atoms with Gasteiger partial charge in [-0.15, -0.1) is 0 Å². The van der Waals surface area contributed by atoms with Gasteiger partial charge in [-0.25, -0.2) is 9.97 Å². The maximum Gasteiger partial charge on any atom is 0.255 e. The van der Waals surface area contributed by atoms with Crippen molar-refractivity contribution in [2.45, 2.75) is 33.7 Å². The van der Waals surface area contributed by atoms with Gasteiger partial charge in [0.05, 0.1) is 23.0 Å². The summed E-state index contributed by atoms with van der Waals surface area (Å²) >= 11 is 0. The Morgan fingerprint density at radius 3 is 2.33 bits per heavy atom. The Hall–Kier alpha value is -2.48. The van der Waals surface area contributed by atoms with Crippen LogP contribution in [-0.2, 0) is 7.05 Å². The Morgan fingerprint density at radius 2 is 1.78 bits per heavy atom. The highest BCUT2D eigenvalue weighted by Crippen LogP contribution is 2.21. The van der Waals surface area contributed by atoms with Crippen molar-refractivity contribution in [1.82, 2.24) is 30.0 Å². The molecule has 0 bridgehead atoms. The van der Waals surface area contributed by atoms with E-state index in [1.54, 1.807) is 6.20 Å². The smallest absolute Gasteiger partial charge is 0.255 e. The zero-order chi connectivity index (χ0) is 19.7. The number of hydrogen-bond acceptors (Lipinski definition) is 6. The average molecular weight is 371 g/mol. The summed E-state index contributed by atoms with van der Waals surface area (Å²) in [5.41, 5.74) is 4.25. The molecular formula is C19H29N7O. The SMILES string of the molecule is Cc1nc(N2CCN(C)CC2)ncc1C(=O)N[C@H](C)c1c(C)nn(C)c1C. The summed E-state index contributed by atoms with van der Waals surface area (Å²) in [5, 5.41) is 7.49. The van der Waals surface area contributed by atoms with E-state index < -0.39 is 0 Å². The molecule has 0 unspecified atom stereocenters. The number of aromatic nitrogens is 4. The van der Waals surface area contributed by atoms with Gasteiger partial charge in [-0.3, -0.25) is 9.48 Å². The lowest BCUT2D eigenvalue weighted by atomic mass is 10.1. The molecule has 2 aromatic rings. The molecule has 1 fully saturated rings. The largest absolute Gasteiger partial charge is 0.345 e. The predicted molar refractivity (Wildman–Crippen MR) is 105 cm³/mol. The first-order valence-corrected chi connectivity index (χ1v) is 9.36. The number of nitrogens with zero attached hydrogens (tertiary/aromatic N) is 6. The van der Waals surface area contributed by atoms with Gasteiger partial charge in [-0.2, -0.15) is 5.10 Å². The van der Waals surface area contributed by atoms with E-state index in [0.717, 1.165) is 43.1 Å². The first-order valence-electron chi connectivity index (χ1n) is 9.36. The minimum atomic E-state index is -0.160. The van der Waals surface area contributed by atoms with Crippen molar-refractivity contribution >= 4 is 11.9 Å². The first-order chi connectivity index (χ1) is 12.8. The van der Waals surface area contributed by atoms with Crippen molar-refractivity contribution in [2.24, 2.45) is 7.05 Å². The van der Waals surface area contributed by atoms with E-state index in [9.17, 15) is 4.79 Å². The van der Waals surface area contributed by atoms with Crippen LogP contribution in [0.4, 0.5) is 5.95 Å². The van der Waals surface area contributed by atoms with Crippen molar-refractivity contribution in [3.8, 4) is 0 Å². The summed E-state index contributed by atoms with van der Waals surface area (Å²) in [4.78, 5) is 26.3. The molecule has 2 aromatic heterocycles. The van der Waals surface area contributed by atoms with Gasteiger partial charge in [0.1, 0.15) is 0 Å². The predicted octanol–water partition coefficient (Wildman–Crippen LogP) is 1.38. The minimum absolute atomic E-state index is 0.136. The average Bonchev–Trinajstić information content (AvgIpc) is 2.87. The Balaban J connectivity index is 1.73. The second kappa shape index (κ2) is 7.64. The summed E-state index contributed by atoms with van der Waals surface area (Å²) in [5.74, 6) is 0.539. The van der Waals surface area contributed by atoms with Crippen LogP contribution >= 0.6 is 0 Å². The molecular weight excluding hydrogens is 342 g/mol. The normalized spacial score (nSPS) is 16.4. The quantitative estimate of drug-likeness (QED) is 0.875. The molecule has 1 aliphatic rings. The third-order valence-corrected chi connectivity index (χ3v) is 5.34. The van der Waals surface area contributed by atoms with Gasteiger partial charge in [0.15, 0.2) is 0 Å². The van der Waals surface area contributed by atoms with Crippen LogP contribution in [0.5, 0.6) is 0 Å². The molecule has 8 nitrogen and oxygen atoms in total. The van der Waals surface area contributed by atoms with Crippen LogP contribution < -0.4 is 10.2 Å². The Morgan fingerprint density at radius 1 is 1.11 bits per heavy atom. The van der Waals surface area contributed by atoms with E-state index in [1.165, 1.54) is 0 Å². The lowest BCUT2D eigenvalue weighted by molar-refractivity contribution is 0.0938. The van der Waals surface area contributed by atoms with Crippen molar-refractivity contribution in [3.63, 3.8) is 0 Å². The number of carbonyl (C=O) groups excluding carboxylic acids is 1. The molecule has 0 saturated carbocycles. The van der Waals surface area contributed by atoms with Gasteiger partial charge < -0.3 is 15.1 Å². The van der Waals surface area contributed by atoms with Crippen LogP contribution in [0.25, 0.3) is 0 Å². The van der Waals surface area contributed by atoms with E-state index in [1.807, 2.05) is 39.4 Å². The second-order valence-electron chi connectivity index (χ2n) is 7.36. The van der Waals surface area contributed by atoms with Gasteiger partial charge in [0.25, 0.3) is 5.91 Å². The van der Waals surface area contributed by atoms with E-state index in [0.29, 0.717) is 17.2 Å². The lowest BCUT2D eigenvalue weighted by Gasteiger charge is -2.32. The van der Waals surface area contributed by atoms with Gasteiger partial charge in [-0.1, -0.05) is 0 Å². The number of hydrogen-bond donors (Lipinski definition) is 1. The molecule has 1 atom stereocenters. The molecule has 146 valence electrons. The molecule has 0 spiro atoms. The molecule has 27 heavy (non-hydrogen) atoms. The van der Waals surface area contributed by atoms with Crippen molar-refractivity contribution < 1.29 is 4.79 Å². The third-order valence-electron chi connectivity index (χ3n) is 5.34. The van der Waals surface area contributed by atoms with Crippen LogP contribution in [0.2, 0.25) is 0 Å². The zero-order valence-electron chi connectivity index (χ0n) is 17.1. The summed E-state index contributed by atoms with van der Waals surface area (Å²) in [6.45, 7) is 11.6. The summed E-state index contributed by atoms with van der Waals surface area (Å²) in [6, 6.07) is -0.136. The molecule has 0 aromatic carbocycles. The topological polar surface area (TPSA) is 79.2 Å². The monoisotopic (exact) mass is 371 g/mol. The van der Waals surface area contributed by atoms with E-state index in [4.69, 9.17) is 0 Å². The standard InChI is InChI=1S/C19H29N7O/c1-12-16(11-20-19(22-12)26-9-7-24(5)8-10-26)18(27)21-13(2)17-14(3)23-25(6)15(17)4/h11,13H,7-10H2,1-6H3,(H,21,27)/t13-/m1/s1. The molecule has 1 amide bonds. The first kappa shape index (κ1) is 19.3. The fraction of sp³-hybridized carbons (Fsp3) is 0.579. The highest BCUT2D eigenvalue weighted by atomic mass is 16.1. The number of aryl methyl sites for hydroxylation is 3. The number of piperazine rings is 1. The number of nitrogens with one attached hydrogen (secondary N) is 1. The number of rotatable bonds is 4. The minimum Gasteiger partial charge on any atom is -0.345 e. The van der Waals surface area contributed by atoms with Gasteiger partial charge in [0.2, 0.25) is 5.95 Å². The van der Waals surface area contributed by atoms with Crippen LogP contribution in [0, 0.1) is 20.8 Å². The molecule has 8 heteroatoms. The summed E-state index contributed by atoms with van der Waals surface area (Å²) in [6.07, 6.45) is 1.64. The number of likely N-dealkylation sites (N-methyl/N-ethyl adjacent to an activating group) is 1. The van der Waals surface area contributed by atoms with E-state index in [-0.39, 0.29) is 11.9 Å². The van der Waals surface area contributed by atoms with Crippen LogP contribution in [0.3, 0.4) is 0 Å². The van der Waals surface area contributed by atoms with E-state index >= 15 is 0 Å². The molecule has 0 radical (unpaired) electrons. The molecule has 1 saturated heterocycles. The Labute approximate surface area is 160 Å². The highest BCUT2D eigenvalue weighted by molar-refractivity contribution is 5.95. The maximum absolute atomic E-state index is 12.8. The Kier molecular flexibility index (Phi) is 5.46. The molecule has 0 aliphatic carbocycles. The summed E-state index contributed by atoms with van der Waals surface area (Å²) < 4.78 is 1.84.